The number of nitrogens with one attached hydrogen (secondary N) is 1. The van der Waals surface area contributed by atoms with Gasteiger partial charge in [0, 0.05) is 24.5 Å². The van der Waals surface area contributed by atoms with Crippen molar-refractivity contribution in [1.29, 1.82) is 5.26 Å². The largest absolute Gasteiger partial charge is 0.438 e. The van der Waals surface area contributed by atoms with Crippen LogP contribution in [-0.4, -0.2) is 24.6 Å². The summed E-state index contributed by atoms with van der Waals surface area (Å²) in [5, 5.41) is 19.7. The van der Waals surface area contributed by atoms with Crippen molar-refractivity contribution in [1.82, 2.24) is 24.6 Å². The van der Waals surface area contributed by atoms with Crippen molar-refractivity contribution in [3.63, 3.8) is 0 Å². The van der Waals surface area contributed by atoms with Crippen molar-refractivity contribution in [3.05, 3.63) is 71.8 Å². The van der Waals surface area contributed by atoms with Gasteiger partial charge in [0.15, 0.2) is 5.65 Å². The average molecular weight is 383 g/mol. The molecule has 4 rings (SSSR count). The molecule has 0 amide bonds. The molecule has 0 aliphatic carbocycles. The van der Waals surface area contributed by atoms with Gasteiger partial charge >= 0.3 is 0 Å². The number of aryl methyl sites for hydroxylation is 2. The summed E-state index contributed by atoms with van der Waals surface area (Å²) in [4.78, 5) is 8.70. The van der Waals surface area contributed by atoms with E-state index in [4.69, 9.17) is 10.00 Å². The third-order valence-corrected chi connectivity index (χ3v) is 4.22. The number of fused-ring (bicyclic) bond motifs is 1. The maximum Gasteiger partial charge on any atom is 0.230 e. The Morgan fingerprint density at radius 3 is 2.79 bits per heavy atom. The molecule has 0 spiro atoms. The Morgan fingerprint density at radius 2 is 2.00 bits per heavy atom. The maximum absolute atomic E-state index is 8.70. The third kappa shape index (κ3) is 4.04. The summed E-state index contributed by atoms with van der Waals surface area (Å²) < 4.78 is 7.83. The monoisotopic (exact) mass is 383 g/mol. The first-order chi connectivity index (χ1) is 14.1. The Hall–Kier alpha value is -4.25. The van der Waals surface area contributed by atoms with E-state index in [-0.39, 0.29) is 0 Å². The van der Waals surface area contributed by atoms with Crippen molar-refractivity contribution >= 4 is 23.4 Å². The van der Waals surface area contributed by atoms with Crippen LogP contribution in [0.15, 0.2) is 55.1 Å². The van der Waals surface area contributed by atoms with E-state index in [0.29, 0.717) is 11.8 Å². The van der Waals surface area contributed by atoms with Gasteiger partial charge in [-0.2, -0.15) is 10.2 Å². The number of aromatic nitrogens is 5. The van der Waals surface area contributed by atoms with Gasteiger partial charge in [-0.05, 0) is 60.9 Å². The number of hydrogen-bond donors (Lipinski definition) is 1. The molecule has 0 bridgehead atoms. The molecule has 1 N–H and O–H groups in total. The van der Waals surface area contributed by atoms with E-state index < -0.39 is 0 Å². The molecule has 0 unspecified atom stereocenters. The zero-order valence-corrected chi connectivity index (χ0v) is 15.9. The zero-order valence-electron chi connectivity index (χ0n) is 15.9. The van der Waals surface area contributed by atoms with E-state index in [1.807, 2.05) is 50.4 Å². The summed E-state index contributed by atoms with van der Waals surface area (Å²) in [5.74, 6) is 1.58. The number of benzene rings is 1. The topological polar surface area (TPSA) is 101 Å². The lowest BCUT2D eigenvalue weighted by molar-refractivity contribution is 0.455. The number of hydrogen-bond acceptors (Lipinski definition) is 7. The molecule has 0 saturated heterocycles. The minimum Gasteiger partial charge on any atom is -0.438 e. The van der Waals surface area contributed by atoms with E-state index in [1.165, 1.54) is 6.08 Å². The minimum absolute atomic E-state index is 0.416. The van der Waals surface area contributed by atoms with Crippen LogP contribution in [0, 0.1) is 25.2 Å². The predicted octanol–water partition coefficient (Wildman–Crippen LogP) is 4.21. The second-order valence-electron chi connectivity index (χ2n) is 6.41. The number of pyridine rings is 1. The van der Waals surface area contributed by atoms with Gasteiger partial charge in [0.25, 0.3) is 0 Å². The summed E-state index contributed by atoms with van der Waals surface area (Å²) in [6.45, 7) is 3.92. The Labute approximate surface area is 167 Å². The van der Waals surface area contributed by atoms with Crippen molar-refractivity contribution in [3.8, 4) is 17.7 Å². The van der Waals surface area contributed by atoms with Crippen molar-refractivity contribution in [2.45, 2.75) is 13.8 Å². The highest BCUT2D eigenvalue weighted by Gasteiger charge is 2.09. The molecule has 0 aliphatic rings. The molecule has 4 aromatic rings. The van der Waals surface area contributed by atoms with Crippen LogP contribution >= 0.6 is 0 Å². The van der Waals surface area contributed by atoms with Crippen LogP contribution < -0.4 is 10.1 Å². The summed E-state index contributed by atoms with van der Waals surface area (Å²) in [5.41, 5.74) is 4.41. The average Bonchev–Trinajstić information content (AvgIpc) is 3.17. The van der Waals surface area contributed by atoms with Gasteiger partial charge in [-0.3, -0.25) is 4.40 Å². The fourth-order valence-corrected chi connectivity index (χ4v) is 2.97. The Balaban J connectivity index is 1.56. The number of rotatable bonds is 5. The molecule has 0 radical (unpaired) electrons. The molecule has 29 heavy (non-hydrogen) atoms. The second-order valence-corrected chi connectivity index (χ2v) is 6.41. The van der Waals surface area contributed by atoms with Crippen LogP contribution in [0.25, 0.3) is 11.7 Å². The third-order valence-electron chi connectivity index (χ3n) is 4.22. The molecule has 0 fully saturated rings. The molecule has 1 aromatic carbocycles. The van der Waals surface area contributed by atoms with Crippen LogP contribution in [0.4, 0.5) is 11.6 Å². The molecule has 8 heteroatoms. The molecule has 0 aliphatic heterocycles. The van der Waals surface area contributed by atoms with Crippen molar-refractivity contribution in [2.75, 3.05) is 5.32 Å². The van der Waals surface area contributed by atoms with Crippen LogP contribution in [-0.2, 0) is 0 Å². The smallest absolute Gasteiger partial charge is 0.230 e. The van der Waals surface area contributed by atoms with E-state index in [2.05, 4.69) is 25.5 Å². The predicted molar refractivity (Wildman–Crippen MR) is 109 cm³/mol. The first-order valence-electron chi connectivity index (χ1n) is 8.87. The van der Waals surface area contributed by atoms with Gasteiger partial charge in [0.1, 0.15) is 12.1 Å². The Kier molecular flexibility index (Phi) is 4.86. The van der Waals surface area contributed by atoms with Crippen LogP contribution in [0.2, 0.25) is 0 Å². The first kappa shape index (κ1) is 18.1. The fourth-order valence-electron chi connectivity index (χ4n) is 2.97. The number of ether oxygens (including phenoxy) is 1. The Morgan fingerprint density at radius 1 is 1.17 bits per heavy atom. The highest BCUT2D eigenvalue weighted by Crippen LogP contribution is 2.30. The highest BCUT2D eigenvalue weighted by atomic mass is 16.5. The lowest BCUT2D eigenvalue weighted by Crippen LogP contribution is -2.00. The van der Waals surface area contributed by atoms with Gasteiger partial charge in [0.2, 0.25) is 11.8 Å². The van der Waals surface area contributed by atoms with E-state index >= 15 is 0 Å². The van der Waals surface area contributed by atoms with Gasteiger partial charge < -0.3 is 10.1 Å². The minimum atomic E-state index is 0.416. The lowest BCUT2D eigenvalue weighted by atomic mass is 10.1. The molecule has 8 nitrogen and oxygen atoms in total. The van der Waals surface area contributed by atoms with Gasteiger partial charge in [-0.25, -0.2) is 4.98 Å². The standard InChI is InChI=1S/C21H17N7O/c1-14-10-16(4-3-8-22)11-15(2)20(14)29-19-7-9-23-21(26-19)25-17-5-6-18-27-24-13-28(18)12-17/h3-7,9-13H,1-2H3,(H,23,25,26)/b4-3+. The highest BCUT2D eigenvalue weighted by molar-refractivity contribution is 5.58. The molecule has 142 valence electrons. The second kappa shape index (κ2) is 7.78. The molecule has 3 heterocycles. The van der Waals surface area contributed by atoms with Crippen LogP contribution in [0.5, 0.6) is 11.6 Å². The Bertz CT molecular complexity index is 1230. The van der Waals surface area contributed by atoms with Crippen molar-refractivity contribution in [2.24, 2.45) is 0 Å². The molecular formula is C21H17N7O. The van der Waals surface area contributed by atoms with Crippen LogP contribution in [0.1, 0.15) is 16.7 Å². The normalized spacial score (nSPS) is 10.9. The van der Waals surface area contributed by atoms with Crippen LogP contribution in [0.3, 0.4) is 0 Å². The zero-order chi connectivity index (χ0) is 20.2. The van der Waals surface area contributed by atoms with Gasteiger partial charge in [-0.1, -0.05) is 0 Å². The summed E-state index contributed by atoms with van der Waals surface area (Å²) >= 11 is 0. The number of nitriles is 1. The van der Waals surface area contributed by atoms with E-state index in [9.17, 15) is 0 Å². The number of nitrogens with zero attached hydrogens (tertiary/aromatic N) is 6. The lowest BCUT2D eigenvalue weighted by Gasteiger charge is -2.13. The molecular weight excluding hydrogens is 366 g/mol. The molecule has 0 atom stereocenters. The fraction of sp³-hybridized carbons (Fsp3) is 0.0952. The molecule has 0 saturated carbocycles. The van der Waals surface area contributed by atoms with Crippen molar-refractivity contribution < 1.29 is 4.74 Å². The number of anilines is 2. The first-order valence-corrected chi connectivity index (χ1v) is 8.87. The summed E-state index contributed by atoms with van der Waals surface area (Å²) in [6, 6.07) is 11.4. The van der Waals surface area contributed by atoms with E-state index in [1.54, 1.807) is 29.1 Å². The van der Waals surface area contributed by atoms with Gasteiger partial charge in [0.05, 0.1) is 11.8 Å². The van der Waals surface area contributed by atoms with E-state index in [0.717, 1.165) is 33.8 Å². The SMILES string of the molecule is Cc1cc(/C=C/C#N)cc(C)c1Oc1ccnc(Nc2ccc3nncn3c2)n1. The van der Waals surface area contributed by atoms with Gasteiger partial charge in [-0.15, -0.1) is 10.2 Å². The summed E-state index contributed by atoms with van der Waals surface area (Å²) in [6.07, 6.45) is 8.34. The maximum atomic E-state index is 8.70. The number of allylic oxidation sites excluding steroid dienone is 1. The molecule has 3 aromatic heterocycles. The summed E-state index contributed by atoms with van der Waals surface area (Å²) in [7, 11) is 0. The quantitative estimate of drug-likeness (QED) is 0.515.